The van der Waals surface area contributed by atoms with Gasteiger partial charge in [-0.2, -0.15) is 0 Å². The van der Waals surface area contributed by atoms with Crippen LogP contribution in [0.5, 0.6) is 11.6 Å². The molecule has 1 heterocycles. The lowest BCUT2D eigenvalue weighted by Crippen LogP contribution is -2.25. The third-order valence-electron chi connectivity index (χ3n) is 3.24. The zero-order valence-electron chi connectivity index (χ0n) is 13.3. The van der Waals surface area contributed by atoms with Crippen LogP contribution in [0.15, 0.2) is 30.6 Å². The van der Waals surface area contributed by atoms with Crippen LogP contribution in [-0.4, -0.2) is 23.1 Å². The van der Waals surface area contributed by atoms with Gasteiger partial charge in [0, 0.05) is 19.2 Å². The molecule has 5 heteroatoms. The van der Waals surface area contributed by atoms with E-state index in [1.165, 1.54) is 6.33 Å². The number of benzene rings is 1. The number of aromatic nitrogens is 2. The molecular weight excluding hydrogens is 298 g/mol. The highest BCUT2D eigenvalue weighted by Gasteiger charge is 2.10. The third kappa shape index (κ3) is 4.34. The standard InChI is InChI=1S/C17H22ClN3O/c1-4-8-21(9-5-2)16-11-17(20-12-19-16)22-15-10-13(3)6-7-14(15)18/h6-7,10-12H,4-5,8-9H2,1-3H3. The summed E-state index contributed by atoms with van der Waals surface area (Å²) in [5.41, 5.74) is 1.09. The van der Waals surface area contributed by atoms with Crippen LogP contribution in [0, 0.1) is 6.92 Å². The van der Waals surface area contributed by atoms with E-state index >= 15 is 0 Å². The number of ether oxygens (including phenoxy) is 1. The first kappa shape index (κ1) is 16.6. The molecule has 1 aromatic heterocycles. The monoisotopic (exact) mass is 319 g/mol. The fourth-order valence-electron chi connectivity index (χ4n) is 2.24. The highest BCUT2D eigenvalue weighted by molar-refractivity contribution is 6.32. The van der Waals surface area contributed by atoms with Crippen molar-refractivity contribution in [2.45, 2.75) is 33.6 Å². The van der Waals surface area contributed by atoms with Crippen molar-refractivity contribution >= 4 is 17.4 Å². The van der Waals surface area contributed by atoms with Gasteiger partial charge in [0.05, 0.1) is 5.02 Å². The fourth-order valence-corrected chi connectivity index (χ4v) is 2.40. The minimum atomic E-state index is 0.509. The zero-order valence-corrected chi connectivity index (χ0v) is 14.1. The highest BCUT2D eigenvalue weighted by atomic mass is 35.5. The third-order valence-corrected chi connectivity index (χ3v) is 3.55. The van der Waals surface area contributed by atoms with E-state index in [1.807, 2.05) is 31.2 Å². The van der Waals surface area contributed by atoms with E-state index in [9.17, 15) is 0 Å². The number of nitrogens with zero attached hydrogens (tertiary/aromatic N) is 3. The summed E-state index contributed by atoms with van der Waals surface area (Å²) in [7, 11) is 0. The molecule has 0 amide bonds. The molecule has 0 aliphatic rings. The second-order valence-corrected chi connectivity index (χ2v) is 5.64. The first-order chi connectivity index (χ1) is 10.6. The molecule has 0 spiro atoms. The summed E-state index contributed by atoms with van der Waals surface area (Å²) in [6.45, 7) is 8.26. The summed E-state index contributed by atoms with van der Waals surface area (Å²) >= 11 is 6.17. The predicted octanol–water partition coefficient (Wildman–Crippen LogP) is 4.86. The van der Waals surface area contributed by atoms with Gasteiger partial charge in [0.25, 0.3) is 0 Å². The number of hydrogen-bond donors (Lipinski definition) is 0. The van der Waals surface area contributed by atoms with Gasteiger partial charge in [0.1, 0.15) is 17.9 Å². The second-order valence-electron chi connectivity index (χ2n) is 5.24. The maximum absolute atomic E-state index is 6.17. The quantitative estimate of drug-likeness (QED) is 0.730. The van der Waals surface area contributed by atoms with Crippen LogP contribution in [0.25, 0.3) is 0 Å². The number of anilines is 1. The molecule has 0 atom stereocenters. The van der Waals surface area contributed by atoms with Gasteiger partial charge in [-0.15, -0.1) is 0 Å². The molecule has 118 valence electrons. The normalized spacial score (nSPS) is 10.5. The molecule has 0 fully saturated rings. The van der Waals surface area contributed by atoms with E-state index in [0.29, 0.717) is 16.7 Å². The zero-order chi connectivity index (χ0) is 15.9. The summed E-state index contributed by atoms with van der Waals surface area (Å²) in [5.74, 6) is 2.01. The van der Waals surface area contributed by atoms with Crippen molar-refractivity contribution in [2.75, 3.05) is 18.0 Å². The summed E-state index contributed by atoms with van der Waals surface area (Å²) in [4.78, 5) is 10.8. The van der Waals surface area contributed by atoms with E-state index < -0.39 is 0 Å². The van der Waals surface area contributed by atoms with Crippen molar-refractivity contribution in [3.63, 3.8) is 0 Å². The Hall–Kier alpha value is -1.81. The number of hydrogen-bond acceptors (Lipinski definition) is 4. The molecular formula is C17H22ClN3O. The van der Waals surface area contributed by atoms with E-state index in [4.69, 9.17) is 16.3 Å². The van der Waals surface area contributed by atoms with Gasteiger partial charge in [0.2, 0.25) is 5.88 Å². The summed E-state index contributed by atoms with van der Waals surface area (Å²) in [6, 6.07) is 7.55. The van der Waals surface area contributed by atoms with Gasteiger partial charge in [-0.1, -0.05) is 31.5 Å². The molecule has 0 aliphatic heterocycles. The Labute approximate surface area is 137 Å². The van der Waals surface area contributed by atoms with Crippen molar-refractivity contribution in [3.05, 3.63) is 41.2 Å². The molecule has 0 saturated carbocycles. The first-order valence-electron chi connectivity index (χ1n) is 7.65. The highest BCUT2D eigenvalue weighted by Crippen LogP contribution is 2.30. The Morgan fingerprint density at radius 2 is 1.82 bits per heavy atom. The van der Waals surface area contributed by atoms with Crippen molar-refractivity contribution in [1.82, 2.24) is 9.97 Å². The Balaban J connectivity index is 2.22. The molecule has 0 unspecified atom stereocenters. The number of halogens is 1. The number of rotatable bonds is 7. The van der Waals surface area contributed by atoms with E-state index in [-0.39, 0.29) is 0 Å². The van der Waals surface area contributed by atoms with Crippen LogP contribution < -0.4 is 9.64 Å². The van der Waals surface area contributed by atoms with Gasteiger partial charge in [-0.05, 0) is 37.5 Å². The fraction of sp³-hybridized carbons (Fsp3) is 0.412. The topological polar surface area (TPSA) is 38.2 Å². The smallest absolute Gasteiger partial charge is 0.224 e. The molecule has 2 rings (SSSR count). The van der Waals surface area contributed by atoms with Crippen LogP contribution in [0.3, 0.4) is 0 Å². The maximum Gasteiger partial charge on any atom is 0.224 e. The van der Waals surface area contributed by atoms with Crippen molar-refractivity contribution in [3.8, 4) is 11.6 Å². The van der Waals surface area contributed by atoms with Crippen molar-refractivity contribution < 1.29 is 4.74 Å². The Kier molecular flexibility index (Phi) is 6.01. The van der Waals surface area contributed by atoms with Crippen LogP contribution in [0.2, 0.25) is 5.02 Å². The Morgan fingerprint density at radius 1 is 1.09 bits per heavy atom. The minimum Gasteiger partial charge on any atom is -0.437 e. The predicted molar refractivity (Wildman–Crippen MR) is 91.1 cm³/mol. The average Bonchev–Trinajstić information content (AvgIpc) is 2.51. The lowest BCUT2D eigenvalue weighted by molar-refractivity contribution is 0.461. The maximum atomic E-state index is 6.17. The summed E-state index contributed by atoms with van der Waals surface area (Å²) in [6.07, 6.45) is 3.68. The van der Waals surface area contributed by atoms with Gasteiger partial charge in [-0.3, -0.25) is 0 Å². The van der Waals surface area contributed by atoms with Gasteiger partial charge >= 0.3 is 0 Å². The Morgan fingerprint density at radius 3 is 2.50 bits per heavy atom. The Bertz CT molecular complexity index is 613. The molecule has 2 aromatic rings. The van der Waals surface area contributed by atoms with Crippen LogP contribution in [0.1, 0.15) is 32.3 Å². The summed E-state index contributed by atoms with van der Waals surface area (Å²) < 4.78 is 5.83. The molecule has 0 radical (unpaired) electrons. The SMILES string of the molecule is CCCN(CCC)c1cc(Oc2cc(C)ccc2Cl)ncn1. The molecule has 0 bridgehead atoms. The van der Waals surface area contributed by atoms with E-state index in [2.05, 4.69) is 28.7 Å². The molecule has 22 heavy (non-hydrogen) atoms. The van der Waals surface area contributed by atoms with Gasteiger partial charge in [-0.25, -0.2) is 9.97 Å². The van der Waals surface area contributed by atoms with Crippen molar-refractivity contribution in [1.29, 1.82) is 0 Å². The average molecular weight is 320 g/mol. The lowest BCUT2D eigenvalue weighted by atomic mass is 10.2. The largest absolute Gasteiger partial charge is 0.437 e. The summed E-state index contributed by atoms with van der Waals surface area (Å²) in [5, 5.41) is 0.574. The first-order valence-corrected chi connectivity index (χ1v) is 8.02. The van der Waals surface area contributed by atoms with Crippen LogP contribution in [-0.2, 0) is 0 Å². The van der Waals surface area contributed by atoms with Crippen LogP contribution in [0.4, 0.5) is 5.82 Å². The lowest BCUT2D eigenvalue weighted by Gasteiger charge is -2.22. The van der Waals surface area contributed by atoms with Crippen molar-refractivity contribution in [2.24, 2.45) is 0 Å². The van der Waals surface area contributed by atoms with Gasteiger partial charge in [0.15, 0.2) is 0 Å². The molecule has 1 aromatic carbocycles. The molecule has 4 nitrogen and oxygen atoms in total. The van der Waals surface area contributed by atoms with Gasteiger partial charge < -0.3 is 9.64 Å². The second kappa shape index (κ2) is 7.99. The van der Waals surface area contributed by atoms with E-state index in [1.54, 1.807) is 0 Å². The number of aryl methyl sites for hydroxylation is 1. The molecule has 0 N–H and O–H groups in total. The minimum absolute atomic E-state index is 0.509. The molecule has 0 aliphatic carbocycles. The van der Waals surface area contributed by atoms with Crippen LogP contribution >= 0.6 is 11.6 Å². The molecule has 0 saturated heterocycles. The van der Waals surface area contributed by atoms with E-state index in [0.717, 1.165) is 37.3 Å².